The van der Waals surface area contributed by atoms with Crippen LogP contribution in [0.15, 0.2) is 78.9 Å². The lowest BCUT2D eigenvalue weighted by atomic mass is 10.0. The van der Waals surface area contributed by atoms with Crippen molar-refractivity contribution in [2.24, 2.45) is 0 Å². The Morgan fingerprint density at radius 1 is 0.857 bits per heavy atom. The average Bonchev–Trinajstić information content (AvgIpc) is 3.16. The lowest BCUT2D eigenvalue weighted by molar-refractivity contribution is -0.136. The number of para-hydroxylation sites is 1. The zero-order valence-electron chi connectivity index (χ0n) is 15.2. The second kappa shape index (κ2) is 8.19. The van der Waals surface area contributed by atoms with E-state index < -0.39 is 5.97 Å². The van der Waals surface area contributed by atoms with E-state index in [0.29, 0.717) is 6.42 Å². The molecule has 0 fully saturated rings. The molecule has 1 heterocycles. The van der Waals surface area contributed by atoms with Crippen LogP contribution in [-0.2, 0) is 4.79 Å². The molecule has 0 saturated carbocycles. The highest BCUT2D eigenvalue weighted by atomic mass is 32.1. The van der Waals surface area contributed by atoms with Gasteiger partial charge in [0.1, 0.15) is 5.01 Å². The van der Waals surface area contributed by atoms with Crippen LogP contribution in [0.2, 0.25) is 0 Å². The zero-order chi connectivity index (χ0) is 19.3. The molecule has 4 rings (SSSR count). The Bertz CT molecular complexity index is 1100. The standard InChI is InChI=1S/C24H19NO2S/c26-23(27)15-14-20(24-25-21-8-4-5-9-22(21)28-24)16-17-10-12-19(13-11-17)18-6-2-1-3-7-18/h1-13,16H,14-15H2,(H,26,27)/b20-16+. The van der Waals surface area contributed by atoms with E-state index in [4.69, 9.17) is 10.1 Å². The minimum Gasteiger partial charge on any atom is -0.481 e. The van der Waals surface area contributed by atoms with Crippen LogP contribution in [0.3, 0.4) is 0 Å². The highest BCUT2D eigenvalue weighted by molar-refractivity contribution is 7.19. The van der Waals surface area contributed by atoms with Gasteiger partial charge in [0.25, 0.3) is 0 Å². The number of aromatic nitrogens is 1. The molecule has 0 aliphatic heterocycles. The zero-order valence-corrected chi connectivity index (χ0v) is 16.0. The lowest BCUT2D eigenvalue weighted by Crippen LogP contribution is -1.95. The Kier molecular flexibility index (Phi) is 5.31. The van der Waals surface area contributed by atoms with E-state index in [1.165, 1.54) is 5.56 Å². The van der Waals surface area contributed by atoms with Gasteiger partial charge in [0.2, 0.25) is 0 Å². The predicted octanol–water partition coefficient (Wildman–Crippen LogP) is 6.37. The maximum atomic E-state index is 11.1. The molecule has 0 atom stereocenters. The van der Waals surface area contributed by atoms with Gasteiger partial charge in [-0.2, -0.15) is 0 Å². The summed E-state index contributed by atoms with van der Waals surface area (Å²) in [6, 6.07) is 26.5. The molecule has 4 aromatic rings. The predicted molar refractivity (Wildman–Crippen MR) is 116 cm³/mol. The molecule has 138 valence electrons. The number of carbonyl (C=O) groups is 1. The number of nitrogens with zero attached hydrogens (tertiary/aromatic N) is 1. The number of fused-ring (bicyclic) bond motifs is 1. The fraction of sp³-hybridized carbons (Fsp3) is 0.0833. The summed E-state index contributed by atoms with van der Waals surface area (Å²) in [4.78, 5) is 15.8. The van der Waals surface area contributed by atoms with Gasteiger partial charge in [0, 0.05) is 6.42 Å². The molecular weight excluding hydrogens is 366 g/mol. The first-order valence-corrected chi connectivity index (χ1v) is 9.94. The second-order valence-corrected chi connectivity index (χ2v) is 7.57. The fourth-order valence-corrected chi connectivity index (χ4v) is 4.10. The third-order valence-electron chi connectivity index (χ3n) is 4.54. The van der Waals surface area contributed by atoms with E-state index in [0.717, 1.165) is 31.9 Å². The number of hydrogen-bond donors (Lipinski definition) is 1. The molecule has 3 nitrogen and oxygen atoms in total. The van der Waals surface area contributed by atoms with Crippen LogP contribution in [0.25, 0.3) is 33.0 Å². The quantitative estimate of drug-likeness (QED) is 0.420. The van der Waals surface area contributed by atoms with Gasteiger partial charge in [-0.25, -0.2) is 4.98 Å². The van der Waals surface area contributed by atoms with Gasteiger partial charge in [-0.05, 0) is 46.9 Å². The Labute approximate surface area is 167 Å². The molecule has 3 aromatic carbocycles. The summed E-state index contributed by atoms with van der Waals surface area (Å²) in [7, 11) is 0. The highest BCUT2D eigenvalue weighted by Gasteiger charge is 2.11. The van der Waals surface area contributed by atoms with Crippen LogP contribution in [0.5, 0.6) is 0 Å². The van der Waals surface area contributed by atoms with Gasteiger partial charge in [-0.1, -0.05) is 66.7 Å². The SMILES string of the molecule is O=C(O)CC/C(=C\c1ccc(-c2ccccc2)cc1)c1nc2ccccc2s1. The number of benzene rings is 3. The first-order valence-electron chi connectivity index (χ1n) is 9.13. The minimum absolute atomic E-state index is 0.0872. The summed E-state index contributed by atoms with van der Waals surface area (Å²) in [6.07, 6.45) is 2.59. The summed E-state index contributed by atoms with van der Waals surface area (Å²) >= 11 is 1.60. The number of rotatable bonds is 6. The number of thiazole rings is 1. The van der Waals surface area contributed by atoms with Gasteiger partial charge in [-0.3, -0.25) is 4.79 Å². The molecule has 0 bridgehead atoms. The van der Waals surface area contributed by atoms with Gasteiger partial charge in [0.05, 0.1) is 10.2 Å². The van der Waals surface area contributed by atoms with Crippen molar-refractivity contribution in [2.45, 2.75) is 12.8 Å². The second-order valence-electron chi connectivity index (χ2n) is 6.54. The summed E-state index contributed by atoms with van der Waals surface area (Å²) in [5.74, 6) is -0.800. The molecule has 0 aliphatic rings. The fourth-order valence-electron chi connectivity index (χ4n) is 3.10. The average molecular weight is 385 g/mol. The molecule has 1 N–H and O–H groups in total. The van der Waals surface area contributed by atoms with E-state index in [1.54, 1.807) is 11.3 Å². The third-order valence-corrected chi connectivity index (χ3v) is 5.65. The first-order chi connectivity index (χ1) is 13.7. The summed E-state index contributed by atoms with van der Waals surface area (Å²) in [5, 5.41) is 10.0. The van der Waals surface area contributed by atoms with Gasteiger partial charge in [-0.15, -0.1) is 11.3 Å². The van der Waals surface area contributed by atoms with Crippen molar-refractivity contribution in [3.05, 3.63) is 89.4 Å². The van der Waals surface area contributed by atoms with Crippen LogP contribution in [0.1, 0.15) is 23.4 Å². The molecule has 28 heavy (non-hydrogen) atoms. The van der Waals surface area contributed by atoms with Crippen molar-refractivity contribution >= 4 is 39.2 Å². The van der Waals surface area contributed by atoms with Crippen LogP contribution in [0.4, 0.5) is 0 Å². The highest BCUT2D eigenvalue weighted by Crippen LogP contribution is 2.31. The van der Waals surface area contributed by atoms with Crippen molar-refractivity contribution in [3.8, 4) is 11.1 Å². The first kappa shape index (κ1) is 18.1. The van der Waals surface area contributed by atoms with E-state index in [-0.39, 0.29) is 6.42 Å². The van der Waals surface area contributed by atoms with Crippen molar-refractivity contribution < 1.29 is 9.90 Å². The molecule has 0 unspecified atom stereocenters. The third kappa shape index (κ3) is 4.18. The maximum Gasteiger partial charge on any atom is 0.303 e. The normalized spacial score (nSPS) is 11.6. The maximum absolute atomic E-state index is 11.1. The minimum atomic E-state index is -0.800. The number of carboxylic acid groups (broad SMARTS) is 1. The van der Waals surface area contributed by atoms with Crippen molar-refractivity contribution in [1.82, 2.24) is 4.98 Å². The molecule has 0 spiro atoms. The van der Waals surface area contributed by atoms with Crippen LogP contribution in [-0.4, -0.2) is 16.1 Å². The van der Waals surface area contributed by atoms with E-state index >= 15 is 0 Å². The van der Waals surface area contributed by atoms with Gasteiger partial charge < -0.3 is 5.11 Å². The number of carboxylic acids is 1. The van der Waals surface area contributed by atoms with Gasteiger partial charge >= 0.3 is 5.97 Å². The van der Waals surface area contributed by atoms with Gasteiger partial charge in [0.15, 0.2) is 0 Å². The lowest BCUT2D eigenvalue weighted by Gasteiger charge is -2.05. The number of aliphatic carboxylic acids is 1. The molecule has 0 amide bonds. The molecule has 0 saturated heterocycles. The Balaban J connectivity index is 1.67. The number of hydrogen-bond acceptors (Lipinski definition) is 3. The van der Waals surface area contributed by atoms with Crippen molar-refractivity contribution in [2.75, 3.05) is 0 Å². The molecular formula is C24H19NO2S. The Morgan fingerprint density at radius 3 is 2.25 bits per heavy atom. The van der Waals surface area contributed by atoms with E-state index in [9.17, 15) is 4.79 Å². The van der Waals surface area contributed by atoms with Crippen LogP contribution >= 0.6 is 11.3 Å². The van der Waals surface area contributed by atoms with Crippen LogP contribution in [0, 0.1) is 0 Å². The molecule has 1 aromatic heterocycles. The summed E-state index contributed by atoms with van der Waals surface area (Å²) < 4.78 is 1.11. The Morgan fingerprint density at radius 2 is 1.54 bits per heavy atom. The molecule has 4 heteroatoms. The van der Waals surface area contributed by atoms with Crippen molar-refractivity contribution in [1.29, 1.82) is 0 Å². The van der Waals surface area contributed by atoms with E-state index in [2.05, 4.69) is 42.5 Å². The molecule has 0 aliphatic carbocycles. The molecule has 0 radical (unpaired) electrons. The van der Waals surface area contributed by atoms with Crippen molar-refractivity contribution in [3.63, 3.8) is 0 Å². The van der Waals surface area contributed by atoms with E-state index in [1.807, 2.05) is 42.5 Å². The largest absolute Gasteiger partial charge is 0.481 e. The smallest absolute Gasteiger partial charge is 0.303 e. The Hall–Kier alpha value is -3.24. The number of allylic oxidation sites excluding steroid dienone is 1. The summed E-state index contributed by atoms with van der Waals surface area (Å²) in [5.41, 5.74) is 5.28. The monoisotopic (exact) mass is 385 g/mol. The summed E-state index contributed by atoms with van der Waals surface area (Å²) in [6.45, 7) is 0. The topological polar surface area (TPSA) is 50.2 Å². The van der Waals surface area contributed by atoms with Crippen LogP contribution < -0.4 is 0 Å².